The topological polar surface area (TPSA) is 28.2 Å². The van der Waals surface area contributed by atoms with E-state index in [1.54, 1.807) is 23.5 Å². The maximum atomic E-state index is 13.1. The molecule has 5 heteroatoms. The first-order chi connectivity index (χ1) is 12.1. The van der Waals surface area contributed by atoms with E-state index in [0.717, 1.165) is 30.1 Å². The number of halogens is 1. The molecule has 0 aliphatic carbocycles. The fraction of sp³-hybridized carbons (Fsp3) is 0.250. The zero-order chi connectivity index (χ0) is 17.6. The molecule has 0 aliphatic rings. The molecular formula is C20H22FN3S. The van der Waals surface area contributed by atoms with Crippen molar-refractivity contribution in [3.8, 4) is 10.4 Å². The molecule has 0 fully saturated rings. The first kappa shape index (κ1) is 17.6. The molecule has 0 amide bonds. The Morgan fingerprint density at radius 2 is 1.92 bits per heavy atom. The summed E-state index contributed by atoms with van der Waals surface area (Å²) in [5.41, 5.74) is 3.38. The van der Waals surface area contributed by atoms with Crippen LogP contribution in [0.5, 0.6) is 0 Å². The minimum Gasteiger partial charge on any atom is -0.378 e. The number of thiazole rings is 1. The largest absolute Gasteiger partial charge is 0.378 e. The van der Waals surface area contributed by atoms with Crippen LogP contribution in [0, 0.1) is 5.82 Å². The van der Waals surface area contributed by atoms with Gasteiger partial charge in [0.15, 0.2) is 0 Å². The van der Waals surface area contributed by atoms with Gasteiger partial charge >= 0.3 is 0 Å². The van der Waals surface area contributed by atoms with Gasteiger partial charge < -0.3 is 10.2 Å². The minimum absolute atomic E-state index is 0.178. The Kier molecular flexibility index (Phi) is 5.79. The van der Waals surface area contributed by atoms with Crippen molar-refractivity contribution in [2.45, 2.75) is 13.0 Å². The number of hydrogen-bond donors (Lipinski definition) is 1. The lowest BCUT2D eigenvalue weighted by Gasteiger charge is -2.12. The number of nitrogens with zero attached hydrogens (tertiary/aromatic N) is 2. The number of benzene rings is 2. The SMILES string of the molecule is CN(C)c1ccc(-c2cnc(CNCCc3cccc(F)c3)s2)cc1. The van der Waals surface area contributed by atoms with E-state index in [0.29, 0.717) is 0 Å². The van der Waals surface area contributed by atoms with Crippen LogP contribution in [-0.2, 0) is 13.0 Å². The van der Waals surface area contributed by atoms with Crippen molar-refractivity contribution in [3.05, 3.63) is 71.1 Å². The van der Waals surface area contributed by atoms with E-state index in [2.05, 4.69) is 39.5 Å². The highest BCUT2D eigenvalue weighted by Crippen LogP contribution is 2.27. The molecule has 3 aromatic rings. The summed E-state index contributed by atoms with van der Waals surface area (Å²) in [5.74, 6) is -0.178. The summed E-state index contributed by atoms with van der Waals surface area (Å²) in [4.78, 5) is 7.76. The lowest BCUT2D eigenvalue weighted by Crippen LogP contribution is -2.16. The van der Waals surface area contributed by atoms with Crippen LogP contribution in [0.15, 0.2) is 54.7 Å². The number of nitrogens with one attached hydrogen (secondary N) is 1. The van der Waals surface area contributed by atoms with Gasteiger partial charge in [-0.05, 0) is 48.4 Å². The smallest absolute Gasteiger partial charge is 0.123 e. The quantitative estimate of drug-likeness (QED) is 0.639. The van der Waals surface area contributed by atoms with E-state index >= 15 is 0 Å². The lowest BCUT2D eigenvalue weighted by molar-refractivity contribution is 0.622. The van der Waals surface area contributed by atoms with Crippen molar-refractivity contribution in [1.82, 2.24) is 10.3 Å². The van der Waals surface area contributed by atoms with Crippen molar-refractivity contribution >= 4 is 17.0 Å². The Hall–Kier alpha value is -2.24. The summed E-state index contributed by atoms with van der Waals surface area (Å²) in [6.07, 6.45) is 2.74. The average molecular weight is 355 g/mol. The molecule has 1 aromatic heterocycles. The molecule has 1 heterocycles. The summed E-state index contributed by atoms with van der Waals surface area (Å²) in [6.45, 7) is 1.53. The van der Waals surface area contributed by atoms with Gasteiger partial charge in [0.2, 0.25) is 0 Å². The molecule has 0 atom stereocenters. The standard InChI is InChI=1S/C20H22FN3S/c1-24(2)18-8-6-16(7-9-18)19-13-23-20(25-19)14-22-11-10-15-4-3-5-17(21)12-15/h3-9,12-13,22H,10-11,14H2,1-2H3. The molecule has 25 heavy (non-hydrogen) atoms. The van der Waals surface area contributed by atoms with Crippen molar-refractivity contribution in [2.75, 3.05) is 25.5 Å². The molecule has 0 saturated carbocycles. The van der Waals surface area contributed by atoms with Gasteiger partial charge in [0.25, 0.3) is 0 Å². The van der Waals surface area contributed by atoms with Gasteiger partial charge in [0.1, 0.15) is 10.8 Å². The van der Waals surface area contributed by atoms with E-state index in [9.17, 15) is 4.39 Å². The molecule has 0 radical (unpaired) electrons. The Morgan fingerprint density at radius 3 is 2.64 bits per heavy atom. The van der Waals surface area contributed by atoms with Gasteiger partial charge in [-0.3, -0.25) is 0 Å². The fourth-order valence-corrected chi connectivity index (χ4v) is 3.46. The Morgan fingerprint density at radius 1 is 1.12 bits per heavy atom. The molecular weight excluding hydrogens is 333 g/mol. The van der Waals surface area contributed by atoms with Gasteiger partial charge in [-0.2, -0.15) is 0 Å². The molecule has 3 nitrogen and oxygen atoms in total. The van der Waals surface area contributed by atoms with Crippen LogP contribution >= 0.6 is 11.3 Å². The van der Waals surface area contributed by atoms with Gasteiger partial charge in [0, 0.05) is 32.5 Å². The van der Waals surface area contributed by atoms with E-state index in [4.69, 9.17) is 0 Å². The average Bonchev–Trinajstić information content (AvgIpc) is 3.08. The van der Waals surface area contributed by atoms with E-state index in [-0.39, 0.29) is 5.82 Å². The number of hydrogen-bond acceptors (Lipinski definition) is 4. The van der Waals surface area contributed by atoms with Crippen molar-refractivity contribution in [2.24, 2.45) is 0 Å². The predicted octanol–water partition coefficient (Wildman–Crippen LogP) is 4.35. The van der Waals surface area contributed by atoms with Crippen LogP contribution in [0.4, 0.5) is 10.1 Å². The maximum absolute atomic E-state index is 13.1. The fourth-order valence-electron chi connectivity index (χ4n) is 2.57. The number of aromatic nitrogens is 1. The predicted molar refractivity (Wildman–Crippen MR) is 104 cm³/mol. The van der Waals surface area contributed by atoms with Crippen LogP contribution in [0.25, 0.3) is 10.4 Å². The van der Waals surface area contributed by atoms with Crippen molar-refractivity contribution < 1.29 is 4.39 Å². The first-order valence-electron chi connectivity index (χ1n) is 8.29. The maximum Gasteiger partial charge on any atom is 0.123 e. The minimum atomic E-state index is -0.178. The molecule has 0 spiro atoms. The normalized spacial score (nSPS) is 10.8. The second-order valence-corrected chi connectivity index (χ2v) is 7.23. The van der Waals surface area contributed by atoms with Crippen LogP contribution in [-0.4, -0.2) is 25.6 Å². The second-order valence-electron chi connectivity index (χ2n) is 6.12. The van der Waals surface area contributed by atoms with Crippen LogP contribution in [0.1, 0.15) is 10.6 Å². The third-order valence-corrected chi connectivity index (χ3v) is 5.02. The van der Waals surface area contributed by atoms with Gasteiger partial charge in [-0.1, -0.05) is 24.3 Å². The first-order valence-corrected chi connectivity index (χ1v) is 9.11. The number of anilines is 1. The van der Waals surface area contributed by atoms with Crippen molar-refractivity contribution in [1.29, 1.82) is 0 Å². The zero-order valence-electron chi connectivity index (χ0n) is 14.5. The molecule has 2 aromatic carbocycles. The Balaban J connectivity index is 1.51. The molecule has 0 unspecified atom stereocenters. The van der Waals surface area contributed by atoms with E-state index in [1.807, 2.05) is 26.4 Å². The van der Waals surface area contributed by atoms with Crippen LogP contribution < -0.4 is 10.2 Å². The van der Waals surface area contributed by atoms with Gasteiger partial charge in [-0.15, -0.1) is 11.3 Å². The Labute approximate surface area is 152 Å². The van der Waals surface area contributed by atoms with E-state index < -0.39 is 0 Å². The zero-order valence-corrected chi connectivity index (χ0v) is 15.3. The highest BCUT2D eigenvalue weighted by atomic mass is 32.1. The molecule has 0 bridgehead atoms. The third-order valence-electron chi connectivity index (χ3n) is 3.98. The highest BCUT2D eigenvalue weighted by molar-refractivity contribution is 7.15. The third kappa shape index (κ3) is 4.87. The van der Waals surface area contributed by atoms with Crippen molar-refractivity contribution in [3.63, 3.8) is 0 Å². The number of rotatable bonds is 7. The molecule has 3 rings (SSSR count). The molecule has 0 aliphatic heterocycles. The lowest BCUT2D eigenvalue weighted by atomic mass is 10.1. The highest BCUT2D eigenvalue weighted by Gasteiger charge is 2.05. The van der Waals surface area contributed by atoms with Crippen LogP contribution in [0.2, 0.25) is 0 Å². The summed E-state index contributed by atoms with van der Waals surface area (Å²) < 4.78 is 13.1. The second kappa shape index (κ2) is 8.23. The van der Waals surface area contributed by atoms with Crippen LogP contribution in [0.3, 0.4) is 0 Å². The monoisotopic (exact) mass is 355 g/mol. The summed E-state index contributed by atoms with van der Waals surface area (Å²) in [5, 5.41) is 4.44. The van der Waals surface area contributed by atoms with Gasteiger partial charge in [-0.25, -0.2) is 9.37 Å². The molecule has 130 valence electrons. The Bertz CT molecular complexity index is 812. The van der Waals surface area contributed by atoms with E-state index in [1.165, 1.54) is 22.2 Å². The summed E-state index contributed by atoms with van der Waals surface area (Å²) in [7, 11) is 4.07. The van der Waals surface area contributed by atoms with Gasteiger partial charge in [0.05, 0.1) is 4.88 Å². The summed E-state index contributed by atoms with van der Waals surface area (Å²) in [6, 6.07) is 15.2. The summed E-state index contributed by atoms with van der Waals surface area (Å²) >= 11 is 1.70. The molecule has 0 saturated heterocycles. The molecule has 1 N–H and O–H groups in total.